The molecule has 94 valence electrons. The molecule has 0 N–H and O–H groups in total. The second-order valence-electron chi connectivity index (χ2n) is 5.53. The van der Waals surface area contributed by atoms with Crippen molar-refractivity contribution in [1.82, 2.24) is 14.8 Å². The van der Waals surface area contributed by atoms with Gasteiger partial charge in [0.1, 0.15) is 5.82 Å². The van der Waals surface area contributed by atoms with Gasteiger partial charge in [-0.25, -0.2) is 9.67 Å². The highest BCUT2D eigenvalue weighted by molar-refractivity contribution is 4.98. The third kappa shape index (κ3) is 2.51. The minimum atomic E-state index is 0.727. The third-order valence-corrected chi connectivity index (χ3v) is 3.97. The van der Waals surface area contributed by atoms with Gasteiger partial charge < -0.3 is 4.74 Å². The summed E-state index contributed by atoms with van der Waals surface area (Å²) in [5.74, 6) is 3.75. The number of hydrogen-bond donors (Lipinski definition) is 0. The van der Waals surface area contributed by atoms with Crippen molar-refractivity contribution in [2.75, 3.05) is 13.2 Å². The molecule has 0 saturated carbocycles. The predicted octanol–water partition coefficient (Wildman–Crippen LogP) is 1.83. The second-order valence-corrected chi connectivity index (χ2v) is 5.53. The Labute approximate surface area is 102 Å². The molecule has 0 spiro atoms. The van der Waals surface area contributed by atoms with Crippen molar-refractivity contribution in [1.29, 1.82) is 0 Å². The number of rotatable bonds is 2. The van der Waals surface area contributed by atoms with Gasteiger partial charge in [0.05, 0.1) is 0 Å². The van der Waals surface area contributed by atoms with Gasteiger partial charge in [0, 0.05) is 32.6 Å². The molecule has 0 aromatic carbocycles. The second kappa shape index (κ2) is 4.77. The number of hydrogen-bond acceptors (Lipinski definition) is 3. The Morgan fingerprint density at radius 2 is 2.12 bits per heavy atom. The summed E-state index contributed by atoms with van der Waals surface area (Å²) in [5, 5.41) is 4.64. The summed E-state index contributed by atoms with van der Waals surface area (Å²) in [6, 6.07) is 0. The van der Waals surface area contributed by atoms with Crippen molar-refractivity contribution in [2.24, 2.45) is 11.8 Å². The van der Waals surface area contributed by atoms with E-state index in [-0.39, 0.29) is 0 Å². The van der Waals surface area contributed by atoms with E-state index in [1.807, 2.05) is 0 Å². The molecule has 1 saturated heterocycles. The molecule has 1 aromatic rings. The fourth-order valence-corrected chi connectivity index (χ4v) is 2.81. The van der Waals surface area contributed by atoms with Crippen LogP contribution in [0.25, 0.3) is 0 Å². The van der Waals surface area contributed by atoms with Gasteiger partial charge in [-0.2, -0.15) is 5.10 Å². The van der Waals surface area contributed by atoms with E-state index in [1.165, 1.54) is 25.1 Å². The Hall–Kier alpha value is -0.900. The fraction of sp³-hybridized carbons (Fsp3) is 0.846. The van der Waals surface area contributed by atoms with E-state index in [4.69, 9.17) is 9.72 Å². The van der Waals surface area contributed by atoms with E-state index in [2.05, 4.69) is 16.7 Å². The Balaban J connectivity index is 1.67. The summed E-state index contributed by atoms with van der Waals surface area (Å²) in [6.45, 7) is 5.18. The first kappa shape index (κ1) is 11.2. The summed E-state index contributed by atoms with van der Waals surface area (Å²) in [5.41, 5.74) is 0. The molecule has 1 unspecified atom stereocenters. The molecule has 3 rings (SSSR count). The quantitative estimate of drug-likeness (QED) is 0.785. The predicted molar refractivity (Wildman–Crippen MR) is 64.8 cm³/mol. The molecule has 0 radical (unpaired) electrons. The van der Waals surface area contributed by atoms with E-state index in [0.717, 1.165) is 50.3 Å². The van der Waals surface area contributed by atoms with Crippen LogP contribution in [0.4, 0.5) is 0 Å². The molecule has 0 bridgehead atoms. The molecule has 1 atom stereocenters. The standard InChI is InChI=1S/C13H21N3O/c1-10-2-5-16-13(8-10)14-12(15-16)9-11-3-6-17-7-4-11/h10-11H,2-9H2,1H3. The molecule has 2 aliphatic rings. The van der Waals surface area contributed by atoms with Crippen LogP contribution in [0.15, 0.2) is 0 Å². The van der Waals surface area contributed by atoms with Gasteiger partial charge in [-0.05, 0) is 31.1 Å². The highest BCUT2D eigenvalue weighted by Gasteiger charge is 2.21. The Morgan fingerprint density at radius 3 is 2.94 bits per heavy atom. The molecule has 3 heterocycles. The Morgan fingerprint density at radius 1 is 1.29 bits per heavy atom. The molecule has 4 heteroatoms. The summed E-state index contributed by atoms with van der Waals surface area (Å²) in [4.78, 5) is 4.71. The van der Waals surface area contributed by atoms with Crippen LogP contribution in [-0.4, -0.2) is 28.0 Å². The van der Waals surface area contributed by atoms with Crippen LogP contribution >= 0.6 is 0 Å². The highest BCUT2D eigenvalue weighted by Crippen LogP contribution is 2.21. The van der Waals surface area contributed by atoms with Crippen LogP contribution in [0.1, 0.15) is 37.8 Å². The number of aryl methyl sites for hydroxylation is 1. The molecule has 1 aromatic heterocycles. The zero-order valence-electron chi connectivity index (χ0n) is 10.6. The van der Waals surface area contributed by atoms with Gasteiger partial charge in [0.25, 0.3) is 0 Å². The van der Waals surface area contributed by atoms with Crippen molar-refractivity contribution in [3.63, 3.8) is 0 Å². The molecule has 2 aliphatic heterocycles. The normalized spacial score (nSPS) is 25.8. The lowest BCUT2D eigenvalue weighted by molar-refractivity contribution is 0.0659. The first-order valence-corrected chi connectivity index (χ1v) is 6.81. The van der Waals surface area contributed by atoms with Crippen LogP contribution in [-0.2, 0) is 24.1 Å². The van der Waals surface area contributed by atoms with Gasteiger partial charge in [-0.15, -0.1) is 0 Å². The minimum absolute atomic E-state index is 0.727. The number of nitrogens with zero attached hydrogens (tertiary/aromatic N) is 3. The van der Waals surface area contributed by atoms with E-state index < -0.39 is 0 Å². The Bertz CT molecular complexity index is 382. The summed E-state index contributed by atoms with van der Waals surface area (Å²) >= 11 is 0. The van der Waals surface area contributed by atoms with Crippen molar-refractivity contribution >= 4 is 0 Å². The largest absolute Gasteiger partial charge is 0.381 e. The van der Waals surface area contributed by atoms with Gasteiger partial charge in [-0.3, -0.25) is 0 Å². The number of ether oxygens (including phenoxy) is 1. The molecular weight excluding hydrogens is 214 g/mol. The number of fused-ring (bicyclic) bond motifs is 1. The highest BCUT2D eigenvalue weighted by atomic mass is 16.5. The first-order valence-electron chi connectivity index (χ1n) is 6.81. The van der Waals surface area contributed by atoms with Crippen LogP contribution in [0.5, 0.6) is 0 Å². The maximum atomic E-state index is 5.39. The molecule has 4 nitrogen and oxygen atoms in total. The lowest BCUT2D eigenvalue weighted by atomic mass is 9.96. The summed E-state index contributed by atoms with van der Waals surface area (Å²) in [7, 11) is 0. The van der Waals surface area contributed by atoms with Crippen molar-refractivity contribution in [2.45, 2.75) is 45.6 Å². The first-order chi connectivity index (χ1) is 8.31. The van der Waals surface area contributed by atoms with Gasteiger partial charge in [-0.1, -0.05) is 6.92 Å². The minimum Gasteiger partial charge on any atom is -0.381 e. The molecule has 0 amide bonds. The van der Waals surface area contributed by atoms with Crippen molar-refractivity contribution in [3.8, 4) is 0 Å². The molecule has 0 aliphatic carbocycles. The maximum Gasteiger partial charge on any atom is 0.151 e. The van der Waals surface area contributed by atoms with E-state index >= 15 is 0 Å². The van der Waals surface area contributed by atoms with Gasteiger partial charge >= 0.3 is 0 Å². The lowest BCUT2D eigenvalue weighted by Crippen LogP contribution is -2.18. The lowest BCUT2D eigenvalue weighted by Gasteiger charge is -2.20. The van der Waals surface area contributed by atoms with Crippen LogP contribution in [0.3, 0.4) is 0 Å². The summed E-state index contributed by atoms with van der Waals surface area (Å²) in [6.07, 6.45) is 5.71. The smallest absolute Gasteiger partial charge is 0.151 e. The van der Waals surface area contributed by atoms with E-state index in [0.29, 0.717) is 0 Å². The summed E-state index contributed by atoms with van der Waals surface area (Å²) < 4.78 is 7.51. The monoisotopic (exact) mass is 235 g/mol. The third-order valence-electron chi connectivity index (χ3n) is 3.97. The SMILES string of the molecule is CC1CCn2nc(CC3CCOCC3)nc2C1. The Kier molecular flexibility index (Phi) is 3.14. The molecule has 17 heavy (non-hydrogen) atoms. The van der Waals surface area contributed by atoms with Gasteiger partial charge in [0.15, 0.2) is 5.82 Å². The zero-order chi connectivity index (χ0) is 11.7. The van der Waals surface area contributed by atoms with Crippen molar-refractivity contribution in [3.05, 3.63) is 11.6 Å². The van der Waals surface area contributed by atoms with Crippen molar-refractivity contribution < 1.29 is 4.74 Å². The van der Waals surface area contributed by atoms with E-state index in [1.54, 1.807) is 0 Å². The van der Waals surface area contributed by atoms with Crippen LogP contribution in [0, 0.1) is 11.8 Å². The molecular formula is C13H21N3O. The van der Waals surface area contributed by atoms with Crippen LogP contribution < -0.4 is 0 Å². The fourth-order valence-electron chi connectivity index (χ4n) is 2.81. The molecule has 1 fully saturated rings. The zero-order valence-corrected chi connectivity index (χ0v) is 10.6. The average molecular weight is 235 g/mol. The van der Waals surface area contributed by atoms with Crippen LogP contribution in [0.2, 0.25) is 0 Å². The topological polar surface area (TPSA) is 39.9 Å². The maximum absolute atomic E-state index is 5.39. The number of aromatic nitrogens is 3. The average Bonchev–Trinajstić information content (AvgIpc) is 2.71. The van der Waals surface area contributed by atoms with Gasteiger partial charge in [0.2, 0.25) is 0 Å². The van der Waals surface area contributed by atoms with E-state index in [9.17, 15) is 0 Å².